The first-order valence-electron chi connectivity index (χ1n) is 12.1. The number of carboxylic acids is 1. The fraction of sp³-hybridized carbons (Fsp3) is 0.462. The molecule has 0 unspecified atom stereocenters. The Kier molecular flexibility index (Phi) is 6.90. The quantitative estimate of drug-likeness (QED) is 0.542. The first-order chi connectivity index (χ1) is 16.8. The summed E-state index contributed by atoms with van der Waals surface area (Å²) in [6.07, 6.45) is 0.846. The Morgan fingerprint density at radius 2 is 1.83 bits per heavy atom. The van der Waals surface area contributed by atoms with Gasteiger partial charge in [-0.05, 0) is 44.0 Å². The summed E-state index contributed by atoms with van der Waals surface area (Å²) in [5, 5.41) is 10.5. The van der Waals surface area contributed by atoms with E-state index in [4.69, 9.17) is 11.6 Å². The minimum absolute atomic E-state index is 0.0407. The number of halogens is 1. The molecule has 2 atom stereocenters. The van der Waals surface area contributed by atoms with E-state index >= 15 is 0 Å². The van der Waals surface area contributed by atoms with Crippen molar-refractivity contribution in [3.63, 3.8) is 0 Å². The first-order valence-corrected chi connectivity index (χ1v) is 13.3. The molecule has 0 radical (unpaired) electrons. The van der Waals surface area contributed by atoms with Crippen molar-refractivity contribution in [2.24, 2.45) is 0 Å². The topological polar surface area (TPSA) is 69.0 Å². The first kappa shape index (κ1) is 24.3. The Morgan fingerprint density at radius 1 is 1.09 bits per heavy atom. The summed E-state index contributed by atoms with van der Waals surface area (Å²) in [4.78, 5) is 32.0. The molecule has 9 heteroatoms. The van der Waals surface area contributed by atoms with E-state index in [2.05, 4.69) is 39.8 Å². The van der Waals surface area contributed by atoms with Crippen LogP contribution in [0.4, 0.5) is 0 Å². The van der Waals surface area contributed by atoms with Crippen LogP contribution in [0.15, 0.2) is 36.4 Å². The summed E-state index contributed by atoms with van der Waals surface area (Å²) in [7, 11) is 0. The number of aromatic nitrogens is 1. The van der Waals surface area contributed by atoms with Crippen molar-refractivity contribution in [3.05, 3.63) is 56.9 Å². The number of rotatable bonds is 6. The predicted octanol–water partition coefficient (Wildman–Crippen LogP) is 3.77. The number of carbonyl (C=O) groups excluding carboxylic acids is 1. The third-order valence-electron chi connectivity index (χ3n) is 7.32. The van der Waals surface area contributed by atoms with Crippen molar-refractivity contribution in [1.82, 2.24) is 19.3 Å². The van der Waals surface area contributed by atoms with Gasteiger partial charge in [0.25, 0.3) is 0 Å². The van der Waals surface area contributed by atoms with Crippen molar-refractivity contribution < 1.29 is 14.7 Å². The predicted molar refractivity (Wildman–Crippen MR) is 139 cm³/mol. The summed E-state index contributed by atoms with van der Waals surface area (Å²) in [5.74, 6) is -0.671. The Morgan fingerprint density at radius 3 is 2.51 bits per heavy atom. The molecule has 1 fully saturated rings. The zero-order chi connectivity index (χ0) is 24.7. The summed E-state index contributed by atoms with van der Waals surface area (Å²) in [6.45, 7) is 7.95. The monoisotopic (exact) mass is 514 g/mol. The lowest BCUT2D eigenvalue weighted by atomic mass is 10.0. The van der Waals surface area contributed by atoms with Gasteiger partial charge < -0.3 is 14.6 Å². The van der Waals surface area contributed by atoms with E-state index in [1.165, 1.54) is 27.0 Å². The molecule has 1 N–H and O–H groups in total. The average Bonchev–Trinajstić information content (AvgIpc) is 3.37. The highest BCUT2D eigenvalue weighted by Gasteiger charge is 2.33. The van der Waals surface area contributed by atoms with Crippen molar-refractivity contribution in [2.75, 3.05) is 32.7 Å². The molecule has 1 amide bonds. The molecule has 0 bridgehead atoms. The van der Waals surface area contributed by atoms with E-state index in [1.54, 1.807) is 11.3 Å². The second kappa shape index (κ2) is 9.93. The van der Waals surface area contributed by atoms with Crippen molar-refractivity contribution in [1.29, 1.82) is 0 Å². The van der Waals surface area contributed by atoms with Gasteiger partial charge in [-0.2, -0.15) is 0 Å². The number of aliphatic carboxylic acids is 1. The zero-order valence-corrected chi connectivity index (χ0v) is 21.7. The molecular formula is C26H31ClN4O3S. The van der Waals surface area contributed by atoms with Gasteiger partial charge in [0.15, 0.2) is 0 Å². The molecular weight excluding hydrogens is 484 g/mol. The number of fused-ring (bicyclic) bond motifs is 3. The van der Waals surface area contributed by atoms with Crippen LogP contribution in [0.1, 0.15) is 30.0 Å². The highest BCUT2D eigenvalue weighted by Crippen LogP contribution is 2.33. The molecule has 1 aromatic carbocycles. The smallest absolute Gasteiger partial charge is 0.317 e. The highest BCUT2D eigenvalue weighted by molar-refractivity contribution is 7.16. The number of carboxylic acid groups (broad SMARTS) is 1. The van der Waals surface area contributed by atoms with Gasteiger partial charge in [-0.15, -0.1) is 11.3 Å². The number of para-hydroxylation sites is 1. The molecule has 35 heavy (non-hydrogen) atoms. The lowest BCUT2D eigenvalue weighted by Gasteiger charge is -2.44. The van der Waals surface area contributed by atoms with Crippen molar-refractivity contribution >= 4 is 45.7 Å². The number of hydrogen-bond donors (Lipinski definition) is 1. The minimum Gasteiger partial charge on any atom is -0.480 e. The minimum atomic E-state index is -0.808. The van der Waals surface area contributed by atoms with E-state index in [1.807, 2.05) is 29.7 Å². The standard InChI is InChI=1S/C26H31ClN4O3S/c1-17-11-28(12-18(2)30(17)16-26(33)34)15-25(32)29-10-9-21-20-5-3-4-6-22(20)31(23(21)14-29)13-19-7-8-24(27)35-19/h3-8,17-18H,9-16H2,1-2H3,(H,33,34)/t17-,18+. The Bertz CT molecular complexity index is 1240. The third kappa shape index (κ3) is 4.98. The van der Waals surface area contributed by atoms with E-state index < -0.39 is 5.97 Å². The van der Waals surface area contributed by atoms with Gasteiger partial charge in [-0.1, -0.05) is 29.8 Å². The number of piperazine rings is 1. The molecule has 2 aliphatic rings. The number of carbonyl (C=O) groups is 2. The van der Waals surface area contributed by atoms with Crippen molar-refractivity contribution in [2.45, 2.75) is 45.4 Å². The SMILES string of the molecule is C[C@@H]1CN(CC(=O)N2CCc3c(n(Cc4ccc(Cl)s4)c4ccccc34)C2)C[C@H](C)N1CC(=O)O. The molecule has 1 saturated heterocycles. The maximum Gasteiger partial charge on any atom is 0.317 e. The lowest BCUT2D eigenvalue weighted by Crippen LogP contribution is -2.59. The van der Waals surface area contributed by atoms with Crippen LogP contribution >= 0.6 is 22.9 Å². The molecule has 2 aromatic heterocycles. The Balaban J connectivity index is 1.32. The second-order valence-electron chi connectivity index (χ2n) is 9.76. The summed E-state index contributed by atoms with van der Waals surface area (Å²) >= 11 is 7.79. The molecule has 5 rings (SSSR count). The number of thiophene rings is 1. The van der Waals surface area contributed by atoms with Crippen LogP contribution < -0.4 is 0 Å². The van der Waals surface area contributed by atoms with E-state index in [0.717, 1.165) is 23.8 Å². The molecule has 186 valence electrons. The maximum absolute atomic E-state index is 13.4. The van der Waals surface area contributed by atoms with Gasteiger partial charge in [0.1, 0.15) is 0 Å². The van der Waals surface area contributed by atoms with Gasteiger partial charge in [-0.25, -0.2) is 0 Å². The van der Waals surface area contributed by atoms with E-state index in [9.17, 15) is 14.7 Å². The van der Waals surface area contributed by atoms with Gasteiger partial charge in [0.05, 0.1) is 30.5 Å². The van der Waals surface area contributed by atoms with E-state index in [-0.39, 0.29) is 24.5 Å². The summed E-state index contributed by atoms with van der Waals surface area (Å²) in [5.41, 5.74) is 3.76. The third-order valence-corrected chi connectivity index (χ3v) is 8.53. The van der Waals surface area contributed by atoms with Crippen LogP contribution in [-0.4, -0.2) is 81.1 Å². The van der Waals surface area contributed by atoms with Crippen molar-refractivity contribution in [3.8, 4) is 0 Å². The average molecular weight is 515 g/mol. The van der Waals surface area contributed by atoms with Gasteiger partial charge in [-0.3, -0.25) is 19.4 Å². The molecule has 0 aliphatic carbocycles. The number of nitrogens with zero attached hydrogens (tertiary/aromatic N) is 4. The molecule has 4 heterocycles. The van der Waals surface area contributed by atoms with Crippen LogP contribution in [0, 0.1) is 0 Å². The number of benzene rings is 1. The molecule has 7 nitrogen and oxygen atoms in total. The largest absolute Gasteiger partial charge is 0.480 e. The molecule has 3 aromatic rings. The maximum atomic E-state index is 13.4. The Hall–Kier alpha value is -2.39. The van der Waals surface area contributed by atoms with Crippen LogP contribution in [0.5, 0.6) is 0 Å². The van der Waals surface area contributed by atoms with Crippen LogP contribution in [0.2, 0.25) is 4.34 Å². The molecule has 0 spiro atoms. The van der Waals surface area contributed by atoms with Gasteiger partial charge >= 0.3 is 5.97 Å². The fourth-order valence-corrected chi connectivity index (χ4v) is 6.81. The van der Waals surface area contributed by atoms with Gasteiger partial charge in [0.2, 0.25) is 5.91 Å². The Labute approximate surface area is 214 Å². The number of hydrogen-bond acceptors (Lipinski definition) is 5. The highest BCUT2D eigenvalue weighted by atomic mass is 35.5. The molecule has 2 aliphatic heterocycles. The summed E-state index contributed by atoms with van der Waals surface area (Å²) in [6, 6.07) is 12.7. The zero-order valence-electron chi connectivity index (χ0n) is 20.1. The van der Waals surface area contributed by atoms with Crippen LogP contribution in [-0.2, 0) is 29.1 Å². The molecule has 0 saturated carbocycles. The van der Waals surface area contributed by atoms with Crippen LogP contribution in [0.3, 0.4) is 0 Å². The van der Waals surface area contributed by atoms with Gasteiger partial charge in [0, 0.05) is 53.2 Å². The second-order valence-corrected chi connectivity index (χ2v) is 11.6. The normalized spacial score (nSPS) is 21.4. The fourth-order valence-electron chi connectivity index (χ4n) is 5.73. The summed E-state index contributed by atoms with van der Waals surface area (Å²) < 4.78 is 3.13. The lowest BCUT2D eigenvalue weighted by molar-refractivity contribution is -0.142. The number of amides is 1. The van der Waals surface area contributed by atoms with Crippen LogP contribution in [0.25, 0.3) is 10.9 Å². The van der Waals surface area contributed by atoms with E-state index in [0.29, 0.717) is 26.2 Å².